The molecule has 2 aromatic carbocycles. The highest BCUT2D eigenvalue weighted by Gasteiger charge is 2.09. The fourth-order valence-electron chi connectivity index (χ4n) is 2.73. The minimum atomic E-state index is -0.246. The van der Waals surface area contributed by atoms with Gasteiger partial charge in [0.1, 0.15) is 5.75 Å². The second-order valence-electron chi connectivity index (χ2n) is 5.83. The van der Waals surface area contributed by atoms with E-state index in [1.165, 1.54) is 0 Å². The molecule has 0 unspecified atom stereocenters. The standard InChI is InChI=1S/C20H20N2O3/c1-3-22-11-10-16-17(20(22)24)8-5-9-18(16)25-13-19(23)21-15-7-4-6-14(2)12-15/h4-12H,3,13H2,1-2H3,(H,21,23). The Morgan fingerprint density at radius 3 is 2.68 bits per heavy atom. The number of carbonyl (C=O) groups excluding carboxylic acids is 1. The summed E-state index contributed by atoms with van der Waals surface area (Å²) in [6.45, 7) is 4.37. The number of pyridine rings is 1. The van der Waals surface area contributed by atoms with Gasteiger partial charge in [-0.25, -0.2) is 0 Å². The monoisotopic (exact) mass is 336 g/mol. The second-order valence-corrected chi connectivity index (χ2v) is 5.83. The minimum Gasteiger partial charge on any atom is -0.483 e. The van der Waals surface area contributed by atoms with Crippen LogP contribution in [0.2, 0.25) is 0 Å². The van der Waals surface area contributed by atoms with Gasteiger partial charge in [0.25, 0.3) is 11.5 Å². The second kappa shape index (κ2) is 7.21. The average Bonchev–Trinajstić information content (AvgIpc) is 2.60. The highest BCUT2D eigenvalue weighted by atomic mass is 16.5. The SMILES string of the molecule is CCn1ccc2c(OCC(=O)Nc3cccc(C)c3)cccc2c1=O. The van der Waals surface area contributed by atoms with Gasteiger partial charge in [0.15, 0.2) is 6.61 Å². The van der Waals surface area contributed by atoms with Crippen molar-refractivity contribution in [1.82, 2.24) is 4.57 Å². The lowest BCUT2D eigenvalue weighted by Crippen LogP contribution is -2.21. The van der Waals surface area contributed by atoms with E-state index in [9.17, 15) is 9.59 Å². The summed E-state index contributed by atoms with van der Waals surface area (Å²) in [5, 5.41) is 4.09. The van der Waals surface area contributed by atoms with Gasteiger partial charge >= 0.3 is 0 Å². The summed E-state index contributed by atoms with van der Waals surface area (Å²) in [6.07, 6.45) is 1.74. The van der Waals surface area contributed by atoms with E-state index < -0.39 is 0 Å². The molecule has 0 bridgehead atoms. The fourth-order valence-corrected chi connectivity index (χ4v) is 2.73. The van der Waals surface area contributed by atoms with Crippen LogP contribution in [0, 0.1) is 6.92 Å². The molecule has 3 rings (SSSR count). The van der Waals surface area contributed by atoms with Gasteiger partial charge in [-0.05, 0) is 49.7 Å². The first-order chi connectivity index (χ1) is 12.1. The van der Waals surface area contributed by atoms with Crippen molar-refractivity contribution >= 4 is 22.4 Å². The van der Waals surface area contributed by atoms with Gasteiger partial charge in [-0.1, -0.05) is 18.2 Å². The van der Waals surface area contributed by atoms with Crippen molar-refractivity contribution < 1.29 is 9.53 Å². The number of hydrogen-bond acceptors (Lipinski definition) is 3. The van der Waals surface area contributed by atoms with Gasteiger partial charge < -0.3 is 14.6 Å². The molecular weight excluding hydrogens is 316 g/mol. The number of fused-ring (bicyclic) bond motifs is 1. The van der Waals surface area contributed by atoms with Crippen molar-refractivity contribution in [3.63, 3.8) is 0 Å². The van der Waals surface area contributed by atoms with Gasteiger partial charge in [0, 0.05) is 23.8 Å². The molecule has 25 heavy (non-hydrogen) atoms. The molecule has 0 atom stereocenters. The number of carbonyl (C=O) groups is 1. The normalized spacial score (nSPS) is 10.6. The number of rotatable bonds is 5. The van der Waals surface area contributed by atoms with Crippen LogP contribution in [0.3, 0.4) is 0 Å². The van der Waals surface area contributed by atoms with Crippen molar-refractivity contribution in [2.75, 3.05) is 11.9 Å². The van der Waals surface area contributed by atoms with Crippen LogP contribution in [-0.2, 0) is 11.3 Å². The van der Waals surface area contributed by atoms with Crippen LogP contribution in [0.1, 0.15) is 12.5 Å². The highest BCUT2D eigenvalue weighted by molar-refractivity contribution is 5.93. The van der Waals surface area contributed by atoms with Crippen LogP contribution in [0.5, 0.6) is 5.75 Å². The number of aromatic nitrogens is 1. The van der Waals surface area contributed by atoms with Crippen LogP contribution in [0.15, 0.2) is 59.5 Å². The maximum Gasteiger partial charge on any atom is 0.262 e. The summed E-state index contributed by atoms with van der Waals surface area (Å²) >= 11 is 0. The number of benzene rings is 2. The lowest BCUT2D eigenvalue weighted by Gasteiger charge is -2.11. The third-order valence-corrected chi connectivity index (χ3v) is 3.98. The van der Waals surface area contributed by atoms with Crippen molar-refractivity contribution in [1.29, 1.82) is 0 Å². The van der Waals surface area contributed by atoms with E-state index in [4.69, 9.17) is 4.74 Å². The van der Waals surface area contributed by atoms with E-state index in [-0.39, 0.29) is 18.1 Å². The van der Waals surface area contributed by atoms with E-state index in [1.807, 2.05) is 44.2 Å². The average molecular weight is 336 g/mol. The fraction of sp³-hybridized carbons (Fsp3) is 0.200. The minimum absolute atomic E-state index is 0.0605. The number of hydrogen-bond donors (Lipinski definition) is 1. The maximum absolute atomic E-state index is 12.4. The molecule has 1 aromatic heterocycles. The topological polar surface area (TPSA) is 60.3 Å². The molecule has 1 N–H and O–H groups in total. The number of ether oxygens (including phenoxy) is 1. The van der Waals surface area contributed by atoms with Crippen molar-refractivity contribution in [2.45, 2.75) is 20.4 Å². The zero-order valence-electron chi connectivity index (χ0n) is 14.3. The van der Waals surface area contributed by atoms with E-state index in [0.29, 0.717) is 23.1 Å². The van der Waals surface area contributed by atoms with Crippen LogP contribution in [0.4, 0.5) is 5.69 Å². The predicted octanol–water partition coefficient (Wildman–Crippen LogP) is 3.35. The Morgan fingerprint density at radius 2 is 1.92 bits per heavy atom. The van der Waals surface area contributed by atoms with Gasteiger partial charge in [0.05, 0.1) is 5.39 Å². The molecule has 0 fully saturated rings. The molecular formula is C20H20N2O3. The summed E-state index contributed by atoms with van der Waals surface area (Å²) in [5.41, 5.74) is 1.74. The van der Waals surface area contributed by atoms with Gasteiger partial charge in [0.2, 0.25) is 0 Å². The lowest BCUT2D eigenvalue weighted by atomic mass is 10.1. The van der Waals surface area contributed by atoms with Crippen LogP contribution in [0.25, 0.3) is 10.8 Å². The van der Waals surface area contributed by atoms with Crippen LogP contribution in [-0.4, -0.2) is 17.1 Å². The summed E-state index contributed by atoms with van der Waals surface area (Å²) in [4.78, 5) is 24.4. The van der Waals surface area contributed by atoms with Gasteiger partial charge in [-0.2, -0.15) is 0 Å². The number of aryl methyl sites for hydroxylation is 2. The smallest absolute Gasteiger partial charge is 0.262 e. The Hall–Kier alpha value is -3.08. The zero-order chi connectivity index (χ0) is 17.8. The number of anilines is 1. The molecule has 5 nitrogen and oxygen atoms in total. The summed E-state index contributed by atoms with van der Waals surface area (Å²) in [6, 6.07) is 14.7. The molecule has 0 aliphatic heterocycles. The van der Waals surface area contributed by atoms with Crippen molar-refractivity contribution in [3.8, 4) is 5.75 Å². The quantitative estimate of drug-likeness (QED) is 0.777. The van der Waals surface area contributed by atoms with E-state index >= 15 is 0 Å². The van der Waals surface area contributed by atoms with Crippen LogP contribution < -0.4 is 15.6 Å². The first-order valence-corrected chi connectivity index (χ1v) is 8.20. The molecule has 0 aliphatic rings. The third-order valence-electron chi connectivity index (χ3n) is 3.98. The maximum atomic E-state index is 12.4. The lowest BCUT2D eigenvalue weighted by molar-refractivity contribution is -0.118. The Bertz CT molecular complexity index is 976. The summed E-state index contributed by atoms with van der Waals surface area (Å²) < 4.78 is 7.29. The largest absolute Gasteiger partial charge is 0.483 e. The molecule has 0 spiro atoms. The molecule has 0 radical (unpaired) electrons. The number of nitrogens with zero attached hydrogens (tertiary/aromatic N) is 1. The molecule has 5 heteroatoms. The number of nitrogens with one attached hydrogen (secondary N) is 1. The first-order valence-electron chi connectivity index (χ1n) is 8.20. The van der Waals surface area contributed by atoms with Gasteiger partial charge in [-0.15, -0.1) is 0 Å². The van der Waals surface area contributed by atoms with Crippen molar-refractivity contribution in [2.24, 2.45) is 0 Å². The number of amides is 1. The molecule has 0 aliphatic carbocycles. The molecule has 3 aromatic rings. The van der Waals surface area contributed by atoms with E-state index in [0.717, 1.165) is 11.3 Å². The Balaban J connectivity index is 1.76. The molecule has 0 saturated heterocycles. The molecule has 1 amide bonds. The highest BCUT2D eigenvalue weighted by Crippen LogP contribution is 2.23. The summed E-state index contributed by atoms with van der Waals surface area (Å²) in [5.74, 6) is 0.279. The molecule has 1 heterocycles. The van der Waals surface area contributed by atoms with Gasteiger partial charge in [-0.3, -0.25) is 9.59 Å². The molecule has 0 saturated carbocycles. The predicted molar refractivity (Wildman–Crippen MR) is 99.2 cm³/mol. The Kier molecular flexibility index (Phi) is 4.84. The van der Waals surface area contributed by atoms with E-state index in [1.54, 1.807) is 29.0 Å². The van der Waals surface area contributed by atoms with Crippen LogP contribution >= 0.6 is 0 Å². The summed E-state index contributed by atoms with van der Waals surface area (Å²) in [7, 11) is 0. The first kappa shape index (κ1) is 16.8. The molecule has 128 valence electrons. The zero-order valence-corrected chi connectivity index (χ0v) is 14.3. The Labute approximate surface area is 145 Å². The van der Waals surface area contributed by atoms with E-state index in [2.05, 4.69) is 5.32 Å². The Morgan fingerprint density at radius 1 is 1.12 bits per heavy atom. The van der Waals surface area contributed by atoms with Crippen molar-refractivity contribution in [3.05, 3.63) is 70.6 Å². The third kappa shape index (κ3) is 3.71.